The second kappa shape index (κ2) is 4.38. The Labute approximate surface area is 105 Å². The topological polar surface area (TPSA) is 73.8 Å². The molecule has 2 N–H and O–H groups in total. The van der Waals surface area contributed by atoms with E-state index in [-0.39, 0.29) is 11.4 Å². The fourth-order valence-electron chi connectivity index (χ4n) is 1.58. The number of aromatic nitrogens is 3. The molecule has 19 heavy (non-hydrogen) atoms. The van der Waals surface area contributed by atoms with Crippen molar-refractivity contribution >= 4 is 5.91 Å². The van der Waals surface area contributed by atoms with E-state index in [2.05, 4.69) is 9.97 Å². The van der Waals surface area contributed by atoms with Crippen molar-refractivity contribution in [1.82, 2.24) is 14.5 Å². The lowest BCUT2D eigenvalue weighted by Gasteiger charge is -2.12. The van der Waals surface area contributed by atoms with Crippen molar-refractivity contribution in [3.8, 4) is 5.82 Å². The average molecular weight is 270 g/mol. The molecule has 8 heteroatoms. The van der Waals surface area contributed by atoms with Gasteiger partial charge in [0.25, 0.3) is 5.91 Å². The molecule has 0 spiro atoms. The first-order chi connectivity index (χ1) is 8.80. The van der Waals surface area contributed by atoms with Crippen LogP contribution in [0.2, 0.25) is 0 Å². The highest BCUT2D eigenvalue weighted by Gasteiger charge is 2.33. The summed E-state index contributed by atoms with van der Waals surface area (Å²) in [7, 11) is 0. The lowest BCUT2D eigenvalue weighted by molar-refractivity contribution is -0.141. The Balaban J connectivity index is 2.68. The van der Waals surface area contributed by atoms with Gasteiger partial charge in [0.2, 0.25) is 0 Å². The Morgan fingerprint density at radius 2 is 2.05 bits per heavy atom. The number of nitrogens with two attached hydrogens (primary N) is 1. The zero-order valence-electron chi connectivity index (χ0n) is 9.77. The van der Waals surface area contributed by atoms with Crippen LogP contribution in [0.5, 0.6) is 0 Å². The van der Waals surface area contributed by atoms with Crippen molar-refractivity contribution < 1.29 is 18.0 Å². The van der Waals surface area contributed by atoms with E-state index in [0.717, 1.165) is 12.1 Å². The largest absolute Gasteiger partial charge is 0.433 e. The van der Waals surface area contributed by atoms with Gasteiger partial charge in [-0.25, -0.2) is 9.97 Å². The predicted molar refractivity (Wildman–Crippen MR) is 59.6 cm³/mol. The molecule has 0 saturated heterocycles. The molecular formula is C11H9F3N4O. The first kappa shape index (κ1) is 13.1. The zero-order valence-corrected chi connectivity index (χ0v) is 9.77. The van der Waals surface area contributed by atoms with E-state index >= 15 is 0 Å². The first-order valence-corrected chi connectivity index (χ1v) is 5.19. The number of imidazole rings is 1. The Hall–Kier alpha value is -2.38. The Kier molecular flexibility index (Phi) is 3.01. The fraction of sp³-hybridized carbons (Fsp3) is 0.182. The number of aryl methyl sites for hydroxylation is 1. The van der Waals surface area contributed by atoms with Gasteiger partial charge in [-0.3, -0.25) is 9.36 Å². The monoisotopic (exact) mass is 270 g/mol. The molecule has 0 aliphatic heterocycles. The van der Waals surface area contributed by atoms with Crippen LogP contribution < -0.4 is 5.73 Å². The number of carbonyl (C=O) groups excluding carboxylic acids is 1. The molecule has 0 saturated carbocycles. The second-order valence-electron chi connectivity index (χ2n) is 3.77. The summed E-state index contributed by atoms with van der Waals surface area (Å²) >= 11 is 0. The number of halogens is 3. The summed E-state index contributed by atoms with van der Waals surface area (Å²) in [6.45, 7) is 1.58. The summed E-state index contributed by atoms with van der Waals surface area (Å²) in [5.41, 5.74) is 3.94. The van der Waals surface area contributed by atoms with Gasteiger partial charge in [0.15, 0.2) is 5.82 Å². The minimum Gasteiger partial charge on any atom is -0.365 e. The van der Waals surface area contributed by atoms with E-state index < -0.39 is 17.8 Å². The van der Waals surface area contributed by atoms with Crippen LogP contribution in [0.25, 0.3) is 5.82 Å². The van der Waals surface area contributed by atoms with Gasteiger partial charge >= 0.3 is 6.18 Å². The fourth-order valence-corrected chi connectivity index (χ4v) is 1.58. The van der Waals surface area contributed by atoms with Crippen molar-refractivity contribution in [3.63, 3.8) is 0 Å². The molecule has 0 fully saturated rings. The van der Waals surface area contributed by atoms with E-state index in [1.165, 1.54) is 17.0 Å². The minimum absolute atomic E-state index is 0.103. The summed E-state index contributed by atoms with van der Waals surface area (Å²) in [6.07, 6.45) is -1.80. The number of amides is 1. The molecule has 0 bridgehead atoms. The van der Waals surface area contributed by atoms with Crippen LogP contribution >= 0.6 is 0 Å². The van der Waals surface area contributed by atoms with Crippen molar-refractivity contribution in [2.75, 3.05) is 0 Å². The number of pyridine rings is 1. The molecule has 2 rings (SSSR count). The van der Waals surface area contributed by atoms with Crippen molar-refractivity contribution in [1.29, 1.82) is 0 Å². The normalized spacial score (nSPS) is 11.6. The van der Waals surface area contributed by atoms with Gasteiger partial charge in [-0.05, 0) is 19.1 Å². The van der Waals surface area contributed by atoms with Gasteiger partial charge < -0.3 is 5.73 Å². The lowest BCUT2D eigenvalue weighted by atomic mass is 10.2. The third-order valence-electron chi connectivity index (χ3n) is 2.48. The molecule has 0 aliphatic rings. The van der Waals surface area contributed by atoms with Gasteiger partial charge in [-0.15, -0.1) is 0 Å². The molecule has 2 aromatic rings. The standard InChI is InChI=1S/C11H9F3N4O/c1-6-16-4-5-18(6)10-7(9(15)19)2-3-8(17-10)11(12,13)14/h2-5H,1H3,(H2,15,19). The van der Waals surface area contributed by atoms with Gasteiger partial charge in [0, 0.05) is 12.4 Å². The van der Waals surface area contributed by atoms with E-state index in [0.29, 0.717) is 5.82 Å². The molecule has 0 unspecified atom stereocenters. The number of primary amides is 1. The summed E-state index contributed by atoms with van der Waals surface area (Å²) in [5, 5.41) is 0. The number of rotatable bonds is 2. The van der Waals surface area contributed by atoms with Crippen molar-refractivity contribution in [2.24, 2.45) is 5.73 Å². The summed E-state index contributed by atoms with van der Waals surface area (Å²) in [5.74, 6) is -0.643. The average Bonchev–Trinajstić information content (AvgIpc) is 2.73. The van der Waals surface area contributed by atoms with Gasteiger partial charge in [-0.1, -0.05) is 0 Å². The minimum atomic E-state index is -4.60. The summed E-state index contributed by atoms with van der Waals surface area (Å²) in [4.78, 5) is 18.6. The quantitative estimate of drug-likeness (QED) is 0.902. The number of nitrogens with zero attached hydrogens (tertiary/aromatic N) is 3. The number of carbonyl (C=O) groups is 1. The van der Waals surface area contributed by atoms with Crippen LogP contribution in [-0.2, 0) is 6.18 Å². The highest BCUT2D eigenvalue weighted by atomic mass is 19.4. The van der Waals surface area contributed by atoms with Crippen LogP contribution in [0.15, 0.2) is 24.5 Å². The second-order valence-corrected chi connectivity index (χ2v) is 3.77. The zero-order chi connectivity index (χ0) is 14.2. The molecule has 0 radical (unpaired) electrons. The summed E-state index contributed by atoms with van der Waals surface area (Å²) < 4.78 is 39.2. The highest BCUT2D eigenvalue weighted by Crippen LogP contribution is 2.29. The Morgan fingerprint density at radius 1 is 1.37 bits per heavy atom. The maximum Gasteiger partial charge on any atom is 0.433 e. The molecule has 100 valence electrons. The Bertz CT molecular complexity index is 633. The number of hydrogen-bond acceptors (Lipinski definition) is 3. The lowest BCUT2D eigenvalue weighted by Crippen LogP contribution is -2.19. The molecule has 1 amide bonds. The number of alkyl halides is 3. The summed E-state index contributed by atoms with van der Waals surface area (Å²) in [6, 6.07) is 1.72. The van der Waals surface area contributed by atoms with E-state index in [9.17, 15) is 18.0 Å². The van der Waals surface area contributed by atoms with Gasteiger partial charge in [0.1, 0.15) is 11.5 Å². The van der Waals surface area contributed by atoms with Crippen molar-refractivity contribution in [3.05, 3.63) is 41.6 Å². The van der Waals surface area contributed by atoms with Crippen LogP contribution in [-0.4, -0.2) is 20.4 Å². The molecule has 5 nitrogen and oxygen atoms in total. The van der Waals surface area contributed by atoms with Crippen molar-refractivity contribution in [2.45, 2.75) is 13.1 Å². The van der Waals surface area contributed by atoms with E-state index in [1.807, 2.05) is 0 Å². The first-order valence-electron chi connectivity index (χ1n) is 5.19. The third-order valence-corrected chi connectivity index (χ3v) is 2.48. The molecule has 0 aliphatic carbocycles. The molecule has 2 heterocycles. The third kappa shape index (κ3) is 2.42. The Morgan fingerprint density at radius 3 is 2.53 bits per heavy atom. The maximum atomic E-state index is 12.6. The highest BCUT2D eigenvalue weighted by molar-refractivity contribution is 5.95. The molecule has 2 aromatic heterocycles. The molecule has 0 atom stereocenters. The SMILES string of the molecule is Cc1nccn1-c1nc(C(F)(F)F)ccc1C(N)=O. The van der Waals surface area contributed by atoms with Gasteiger partial charge in [0.05, 0.1) is 5.56 Å². The van der Waals surface area contributed by atoms with Gasteiger partial charge in [-0.2, -0.15) is 13.2 Å². The van der Waals surface area contributed by atoms with Crippen LogP contribution in [0.4, 0.5) is 13.2 Å². The molecule has 0 aromatic carbocycles. The molecular weight excluding hydrogens is 261 g/mol. The smallest absolute Gasteiger partial charge is 0.365 e. The maximum absolute atomic E-state index is 12.6. The van der Waals surface area contributed by atoms with E-state index in [4.69, 9.17) is 5.73 Å². The van der Waals surface area contributed by atoms with Crippen LogP contribution in [0, 0.1) is 6.92 Å². The van der Waals surface area contributed by atoms with Crippen LogP contribution in [0.1, 0.15) is 21.9 Å². The van der Waals surface area contributed by atoms with E-state index in [1.54, 1.807) is 6.92 Å². The number of hydrogen-bond donors (Lipinski definition) is 1. The predicted octanol–water partition coefficient (Wildman–Crippen LogP) is 1.69. The van der Waals surface area contributed by atoms with Crippen LogP contribution in [0.3, 0.4) is 0 Å².